The molecule has 1 aromatic heterocycles. The number of amides is 3. The van der Waals surface area contributed by atoms with Gasteiger partial charge in [0.1, 0.15) is 11.6 Å². The van der Waals surface area contributed by atoms with Crippen LogP contribution in [0.1, 0.15) is 53.2 Å². The van der Waals surface area contributed by atoms with E-state index in [4.69, 9.17) is 4.74 Å². The average molecular weight is 518 g/mol. The van der Waals surface area contributed by atoms with Crippen LogP contribution in [0.25, 0.3) is 0 Å². The number of fused-ring (bicyclic) bond motifs is 1. The van der Waals surface area contributed by atoms with Crippen LogP contribution in [-0.4, -0.2) is 76.0 Å². The number of carbonyl (C=O) groups excluding carboxylic acids is 3. The van der Waals surface area contributed by atoms with Gasteiger partial charge in [-0.2, -0.15) is 0 Å². The van der Waals surface area contributed by atoms with Crippen LogP contribution < -0.4 is 10.9 Å². The fourth-order valence-corrected chi connectivity index (χ4v) is 4.21. The third-order valence-corrected chi connectivity index (χ3v) is 6.67. The Bertz CT molecular complexity index is 1290. The SMILES string of the molecule is COC1(C)CCC(N(C)C(=O)C(=O)N(C)C)c2nc(C(=O)NCc3ccc(F)c(C)c3)c(O)c(=O)n2C1. The molecule has 0 fully saturated rings. The van der Waals surface area contributed by atoms with Crippen LogP contribution in [0.4, 0.5) is 4.39 Å². The lowest BCUT2D eigenvalue weighted by atomic mass is 9.98. The number of ether oxygens (including phenoxy) is 1. The molecule has 1 aliphatic heterocycles. The van der Waals surface area contributed by atoms with Gasteiger partial charge in [0.25, 0.3) is 11.5 Å². The van der Waals surface area contributed by atoms with E-state index >= 15 is 0 Å². The monoisotopic (exact) mass is 517 g/mol. The Labute approximate surface area is 213 Å². The number of aromatic hydroxyl groups is 1. The van der Waals surface area contributed by atoms with Gasteiger partial charge in [-0.25, -0.2) is 9.37 Å². The summed E-state index contributed by atoms with van der Waals surface area (Å²) in [5, 5.41) is 13.2. The van der Waals surface area contributed by atoms with E-state index in [1.165, 1.54) is 49.9 Å². The second-order valence-electron chi connectivity index (χ2n) is 9.65. The van der Waals surface area contributed by atoms with Crippen molar-refractivity contribution in [1.29, 1.82) is 0 Å². The van der Waals surface area contributed by atoms with Crippen molar-refractivity contribution in [2.45, 2.75) is 51.4 Å². The summed E-state index contributed by atoms with van der Waals surface area (Å²) in [5.74, 6) is -3.59. The number of hydrogen-bond donors (Lipinski definition) is 2. The largest absolute Gasteiger partial charge is 0.501 e. The fraction of sp³-hybridized carbons (Fsp3) is 0.480. The lowest BCUT2D eigenvalue weighted by molar-refractivity contribution is -0.151. The van der Waals surface area contributed by atoms with E-state index in [2.05, 4.69) is 10.3 Å². The van der Waals surface area contributed by atoms with Crippen molar-refractivity contribution in [2.75, 3.05) is 28.3 Å². The Balaban J connectivity index is 2.04. The van der Waals surface area contributed by atoms with E-state index in [1.807, 2.05) is 0 Å². The quantitative estimate of drug-likeness (QED) is 0.568. The zero-order chi connectivity index (χ0) is 27.7. The molecule has 0 radical (unpaired) electrons. The molecule has 2 unspecified atom stereocenters. The topological polar surface area (TPSA) is 134 Å². The average Bonchev–Trinajstić information content (AvgIpc) is 3.02. The van der Waals surface area contributed by atoms with Gasteiger partial charge in [-0.1, -0.05) is 12.1 Å². The first-order chi connectivity index (χ1) is 17.3. The summed E-state index contributed by atoms with van der Waals surface area (Å²) in [6.45, 7) is 3.38. The normalized spacial score (nSPS) is 18.9. The number of aromatic nitrogens is 2. The predicted octanol–water partition coefficient (Wildman–Crippen LogP) is 1.11. The Kier molecular flexibility index (Phi) is 8.01. The van der Waals surface area contributed by atoms with Crippen LogP contribution in [0.5, 0.6) is 5.75 Å². The molecule has 3 rings (SSSR count). The summed E-state index contributed by atoms with van der Waals surface area (Å²) in [4.78, 5) is 58.1. The third kappa shape index (κ3) is 5.63. The summed E-state index contributed by atoms with van der Waals surface area (Å²) in [7, 11) is 5.80. The first kappa shape index (κ1) is 27.8. The predicted molar refractivity (Wildman–Crippen MR) is 131 cm³/mol. The zero-order valence-electron chi connectivity index (χ0n) is 21.8. The lowest BCUT2D eigenvalue weighted by Crippen LogP contribution is -2.43. The standard InChI is InChI=1S/C25H32FN5O6/c1-14-11-15(7-8-16(14)26)12-27-21(33)18-19(32)22(34)31-13-25(2,37-6)10-9-17(20(31)28-18)30(5)24(36)23(35)29(3)4/h7-8,11,17,32H,9-10,12-13H2,1-6H3,(H,27,33). The molecule has 12 heteroatoms. The fourth-order valence-electron chi connectivity index (χ4n) is 4.21. The van der Waals surface area contributed by atoms with E-state index in [-0.39, 0.29) is 31.2 Å². The molecule has 0 saturated carbocycles. The van der Waals surface area contributed by atoms with Crippen molar-refractivity contribution in [2.24, 2.45) is 0 Å². The van der Waals surface area contributed by atoms with Gasteiger partial charge in [0, 0.05) is 34.8 Å². The van der Waals surface area contributed by atoms with E-state index in [9.17, 15) is 28.7 Å². The maximum absolute atomic E-state index is 13.6. The van der Waals surface area contributed by atoms with Gasteiger partial charge in [-0.05, 0) is 43.9 Å². The van der Waals surface area contributed by atoms with Gasteiger partial charge >= 0.3 is 11.8 Å². The first-order valence-electron chi connectivity index (χ1n) is 11.7. The second kappa shape index (κ2) is 10.7. The molecular weight excluding hydrogens is 485 g/mol. The number of nitrogens with one attached hydrogen (secondary N) is 1. The second-order valence-corrected chi connectivity index (χ2v) is 9.65. The number of likely N-dealkylation sites (N-methyl/N-ethyl adjacent to an activating group) is 2. The number of nitrogens with zero attached hydrogens (tertiary/aromatic N) is 4. The molecule has 2 N–H and O–H groups in total. The van der Waals surface area contributed by atoms with Crippen molar-refractivity contribution in [3.8, 4) is 5.75 Å². The number of aryl methyl sites for hydroxylation is 1. The molecule has 0 aliphatic carbocycles. The summed E-state index contributed by atoms with van der Waals surface area (Å²) in [6.07, 6.45) is 0.678. The summed E-state index contributed by atoms with van der Waals surface area (Å²) in [5.41, 5.74) is -1.20. The van der Waals surface area contributed by atoms with Gasteiger partial charge in [0.15, 0.2) is 5.69 Å². The van der Waals surface area contributed by atoms with Crippen molar-refractivity contribution >= 4 is 17.7 Å². The number of carbonyl (C=O) groups is 3. The number of methoxy groups -OCH3 is 1. The Hall–Kier alpha value is -3.80. The number of rotatable bonds is 5. The molecular formula is C25H32FN5O6. The molecule has 37 heavy (non-hydrogen) atoms. The molecule has 3 amide bonds. The molecule has 0 spiro atoms. The molecule has 0 saturated heterocycles. The van der Waals surface area contributed by atoms with E-state index in [1.54, 1.807) is 19.9 Å². The molecule has 2 aromatic rings. The highest BCUT2D eigenvalue weighted by Crippen LogP contribution is 2.34. The van der Waals surface area contributed by atoms with Crippen LogP contribution in [-0.2, 0) is 27.4 Å². The zero-order valence-corrected chi connectivity index (χ0v) is 21.8. The van der Waals surface area contributed by atoms with E-state index < -0.39 is 46.4 Å². The molecule has 1 aliphatic rings. The van der Waals surface area contributed by atoms with Crippen molar-refractivity contribution in [3.63, 3.8) is 0 Å². The Morgan fingerprint density at radius 1 is 1.27 bits per heavy atom. The summed E-state index contributed by atoms with van der Waals surface area (Å²) < 4.78 is 20.4. The van der Waals surface area contributed by atoms with Gasteiger partial charge in [-0.3, -0.25) is 23.7 Å². The maximum Gasteiger partial charge on any atom is 0.312 e. The summed E-state index contributed by atoms with van der Waals surface area (Å²) in [6, 6.07) is 3.50. The number of benzene rings is 1. The van der Waals surface area contributed by atoms with Crippen LogP contribution >= 0.6 is 0 Å². The van der Waals surface area contributed by atoms with Gasteiger partial charge in [-0.15, -0.1) is 0 Å². The van der Waals surface area contributed by atoms with E-state index in [0.29, 0.717) is 17.5 Å². The minimum atomic E-state index is -0.872. The molecule has 11 nitrogen and oxygen atoms in total. The summed E-state index contributed by atoms with van der Waals surface area (Å²) >= 11 is 0. The van der Waals surface area contributed by atoms with E-state index in [0.717, 1.165) is 4.90 Å². The molecule has 2 heterocycles. The number of hydrogen-bond acceptors (Lipinski definition) is 7. The van der Waals surface area contributed by atoms with Crippen molar-refractivity contribution in [1.82, 2.24) is 24.7 Å². The van der Waals surface area contributed by atoms with Crippen LogP contribution in [0.2, 0.25) is 0 Å². The maximum atomic E-state index is 13.6. The minimum Gasteiger partial charge on any atom is -0.501 e. The highest BCUT2D eigenvalue weighted by molar-refractivity contribution is 6.34. The van der Waals surface area contributed by atoms with Crippen LogP contribution in [0, 0.1) is 12.7 Å². The van der Waals surface area contributed by atoms with Crippen LogP contribution in [0.3, 0.4) is 0 Å². The minimum absolute atomic E-state index is 0.000388. The molecule has 200 valence electrons. The third-order valence-electron chi connectivity index (χ3n) is 6.67. The van der Waals surface area contributed by atoms with Crippen molar-refractivity contribution in [3.05, 3.63) is 57.0 Å². The Morgan fingerprint density at radius 2 is 1.95 bits per heavy atom. The Morgan fingerprint density at radius 3 is 2.54 bits per heavy atom. The first-order valence-corrected chi connectivity index (χ1v) is 11.7. The number of halogens is 1. The van der Waals surface area contributed by atoms with Gasteiger partial charge in [0.2, 0.25) is 5.75 Å². The smallest absolute Gasteiger partial charge is 0.312 e. The van der Waals surface area contributed by atoms with Gasteiger partial charge < -0.3 is 25.0 Å². The highest BCUT2D eigenvalue weighted by Gasteiger charge is 2.39. The molecule has 2 atom stereocenters. The highest BCUT2D eigenvalue weighted by atomic mass is 19.1. The molecule has 1 aromatic carbocycles. The van der Waals surface area contributed by atoms with Gasteiger partial charge in [0.05, 0.1) is 18.2 Å². The van der Waals surface area contributed by atoms with Crippen LogP contribution in [0.15, 0.2) is 23.0 Å². The van der Waals surface area contributed by atoms with Crippen molar-refractivity contribution < 1.29 is 28.6 Å². The molecule has 0 bridgehead atoms. The lowest BCUT2D eigenvalue weighted by Gasteiger charge is -2.28.